The molecule has 1 fully saturated rings. The smallest absolute Gasteiger partial charge is 0.226 e. The zero-order valence-corrected chi connectivity index (χ0v) is 15.5. The predicted octanol–water partition coefficient (Wildman–Crippen LogP) is 2.21. The van der Waals surface area contributed by atoms with Crippen LogP contribution in [0.5, 0.6) is 0 Å². The van der Waals surface area contributed by atoms with Crippen LogP contribution in [0.15, 0.2) is 12.3 Å². The van der Waals surface area contributed by atoms with Gasteiger partial charge in [0.25, 0.3) is 0 Å². The van der Waals surface area contributed by atoms with E-state index >= 15 is 0 Å². The minimum absolute atomic E-state index is 0.249. The van der Waals surface area contributed by atoms with Crippen LogP contribution in [0.4, 0.5) is 16.2 Å². The number of nitriles is 1. The van der Waals surface area contributed by atoms with Gasteiger partial charge in [-0.15, -0.1) is 0 Å². The zero-order valence-electron chi connectivity index (χ0n) is 15.5. The summed E-state index contributed by atoms with van der Waals surface area (Å²) < 4.78 is 14.6. The monoisotopic (exact) mass is 355 g/mol. The number of rotatable bonds is 2. The Kier molecular flexibility index (Phi) is 4.72. The molecule has 8 heteroatoms. The van der Waals surface area contributed by atoms with Gasteiger partial charge in [-0.25, -0.2) is 24.3 Å². The minimum Gasteiger partial charge on any atom is -0.351 e. The topological polar surface area (TPSA) is 81.8 Å². The summed E-state index contributed by atoms with van der Waals surface area (Å²) in [5.74, 6) is 1.15. The standard InChI is InChI=1S/C18H22FN7/c1-12-14(19)15(24-16(22-12)18(2,3)4)25-7-9-26(10-8-25)17-21-6-5-13(11-20)23-17/h5-6H,7-10H2,1-4H3. The van der Waals surface area contributed by atoms with Crippen LogP contribution in [0, 0.1) is 24.1 Å². The lowest BCUT2D eigenvalue weighted by Crippen LogP contribution is -2.48. The number of hydrogen-bond acceptors (Lipinski definition) is 7. The largest absolute Gasteiger partial charge is 0.351 e. The number of halogens is 1. The van der Waals surface area contributed by atoms with E-state index in [-0.39, 0.29) is 11.2 Å². The summed E-state index contributed by atoms with van der Waals surface area (Å²) in [5.41, 5.74) is 0.456. The Hall–Kier alpha value is -2.82. The van der Waals surface area contributed by atoms with E-state index in [0.717, 1.165) is 0 Å². The van der Waals surface area contributed by atoms with Crippen LogP contribution in [0.1, 0.15) is 38.0 Å². The highest BCUT2D eigenvalue weighted by Crippen LogP contribution is 2.26. The first-order valence-electron chi connectivity index (χ1n) is 8.57. The van der Waals surface area contributed by atoms with Gasteiger partial charge in [-0.2, -0.15) is 5.26 Å². The summed E-state index contributed by atoms with van der Waals surface area (Å²) >= 11 is 0. The second kappa shape index (κ2) is 6.83. The third kappa shape index (κ3) is 3.57. The molecule has 26 heavy (non-hydrogen) atoms. The molecule has 0 bridgehead atoms. The maximum Gasteiger partial charge on any atom is 0.226 e. The minimum atomic E-state index is -0.367. The van der Waals surface area contributed by atoms with Gasteiger partial charge in [-0.3, -0.25) is 0 Å². The summed E-state index contributed by atoms with van der Waals surface area (Å²) in [6.45, 7) is 10.2. The van der Waals surface area contributed by atoms with E-state index in [0.29, 0.717) is 55.2 Å². The van der Waals surface area contributed by atoms with E-state index in [1.807, 2.05) is 36.6 Å². The SMILES string of the molecule is Cc1nc(C(C)(C)C)nc(N2CCN(c3nccc(C#N)n3)CC2)c1F. The first kappa shape index (κ1) is 18.0. The maximum atomic E-state index is 14.6. The van der Waals surface area contributed by atoms with Gasteiger partial charge in [0.05, 0.1) is 5.69 Å². The van der Waals surface area contributed by atoms with Gasteiger partial charge < -0.3 is 9.80 Å². The van der Waals surface area contributed by atoms with Gasteiger partial charge in [0.2, 0.25) is 5.95 Å². The molecule has 0 aliphatic carbocycles. The molecule has 1 aliphatic rings. The molecule has 0 N–H and O–H groups in total. The lowest BCUT2D eigenvalue weighted by atomic mass is 9.95. The quantitative estimate of drug-likeness (QED) is 0.817. The molecule has 136 valence electrons. The van der Waals surface area contributed by atoms with Crippen molar-refractivity contribution in [2.45, 2.75) is 33.1 Å². The number of hydrogen-bond donors (Lipinski definition) is 0. The van der Waals surface area contributed by atoms with Crippen LogP contribution in [-0.4, -0.2) is 46.1 Å². The molecular weight excluding hydrogens is 333 g/mol. The Morgan fingerprint density at radius 2 is 1.73 bits per heavy atom. The summed E-state index contributed by atoms with van der Waals surface area (Å²) in [4.78, 5) is 21.2. The molecule has 2 aromatic rings. The average Bonchev–Trinajstić information content (AvgIpc) is 2.63. The van der Waals surface area contributed by atoms with Crippen molar-refractivity contribution in [3.8, 4) is 6.07 Å². The summed E-state index contributed by atoms with van der Waals surface area (Å²) in [7, 11) is 0. The van der Waals surface area contributed by atoms with Gasteiger partial charge in [-0.1, -0.05) is 20.8 Å². The third-order valence-corrected chi connectivity index (χ3v) is 4.29. The number of piperazine rings is 1. The molecule has 0 unspecified atom stereocenters. The molecule has 3 heterocycles. The number of aromatic nitrogens is 4. The fourth-order valence-corrected chi connectivity index (χ4v) is 2.77. The Labute approximate surface area is 152 Å². The maximum absolute atomic E-state index is 14.6. The lowest BCUT2D eigenvalue weighted by molar-refractivity contribution is 0.516. The highest BCUT2D eigenvalue weighted by atomic mass is 19.1. The molecule has 1 aliphatic heterocycles. The Balaban J connectivity index is 1.80. The Morgan fingerprint density at radius 1 is 1.08 bits per heavy atom. The average molecular weight is 355 g/mol. The van der Waals surface area contributed by atoms with E-state index in [4.69, 9.17) is 5.26 Å². The van der Waals surface area contributed by atoms with Crippen molar-refractivity contribution in [3.05, 3.63) is 35.3 Å². The highest BCUT2D eigenvalue weighted by Gasteiger charge is 2.27. The van der Waals surface area contributed by atoms with E-state index in [2.05, 4.69) is 19.9 Å². The van der Waals surface area contributed by atoms with E-state index in [1.165, 1.54) is 0 Å². The fraction of sp³-hybridized carbons (Fsp3) is 0.500. The van der Waals surface area contributed by atoms with Crippen molar-refractivity contribution in [1.29, 1.82) is 5.26 Å². The van der Waals surface area contributed by atoms with Crippen LogP contribution in [-0.2, 0) is 5.41 Å². The second-order valence-corrected chi connectivity index (χ2v) is 7.35. The summed E-state index contributed by atoms with van der Waals surface area (Å²) in [6.07, 6.45) is 1.58. The molecule has 0 amide bonds. The third-order valence-electron chi connectivity index (χ3n) is 4.29. The van der Waals surface area contributed by atoms with Crippen molar-refractivity contribution < 1.29 is 4.39 Å². The summed E-state index contributed by atoms with van der Waals surface area (Å²) in [5, 5.41) is 8.98. The first-order valence-corrected chi connectivity index (χ1v) is 8.57. The molecule has 2 aromatic heterocycles. The van der Waals surface area contributed by atoms with E-state index < -0.39 is 0 Å². The van der Waals surface area contributed by atoms with Crippen molar-refractivity contribution >= 4 is 11.8 Å². The fourth-order valence-electron chi connectivity index (χ4n) is 2.77. The van der Waals surface area contributed by atoms with Crippen molar-refractivity contribution in [3.63, 3.8) is 0 Å². The van der Waals surface area contributed by atoms with Crippen LogP contribution in [0.3, 0.4) is 0 Å². The normalized spacial score (nSPS) is 15.1. The first-order chi connectivity index (χ1) is 12.3. The van der Waals surface area contributed by atoms with Crippen LogP contribution < -0.4 is 9.80 Å². The van der Waals surface area contributed by atoms with Crippen molar-refractivity contribution in [1.82, 2.24) is 19.9 Å². The van der Waals surface area contributed by atoms with Gasteiger partial charge in [0, 0.05) is 37.8 Å². The van der Waals surface area contributed by atoms with Gasteiger partial charge in [-0.05, 0) is 13.0 Å². The van der Waals surface area contributed by atoms with Crippen LogP contribution in [0.2, 0.25) is 0 Å². The van der Waals surface area contributed by atoms with Crippen molar-refractivity contribution in [2.75, 3.05) is 36.0 Å². The lowest BCUT2D eigenvalue weighted by Gasteiger charge is -2.36. The molecule has 0 saturated carbocycles. The molecule has 0 radical (unpaired) electrons. The van der Waals surface area contributed by atoms with E-state index in [9.17, 15) is 4.39 Å². The van der Waals surface area contributed by atoms with Crippen LogP contribution >= 0.6 is 0 Å². The molecule has 0 aromatic carbocycles. The zero-order chi connectivity index (χ0) is 18.9. The number of anilines is 2. The molecular formula is C18H22FN7. The van der Waals surface area contributed by atoms with E-state index in [1.54, 1.807) is 19.2 Å². The number of aryl methyl sites for hydroxylation is 1. The molecule has 0 atom stereocenters. The highest BCUT2D eigenvalue weighted by molar-refractivity contribution is 5.45. The van der Waals surface area contributed by atoms with Gasteiger partial charge in [0.1, 0.15) is 17.6 Å². The molecule has 1 saturated heterocycles. The second-order valence-electron chi connectivity index (χ2n) is 7.35. The Morgan fingerprint density at radius 3 is 2.35 bits per heavy atom. The molecule has 3 rings (SSSR count). The molecule has 0 spiro atoms. The van der Waals surface area contributed by atoms with Gasteiger partial charge >= 0.3 is 0 Å². The Bertz CT molecular complexity index is 846. The van der Waals surface area contributed by atoms with Crippen LogP contribution in [0.25, 0.3) is 0 Å². The van der Waals surface area contributed by atoms with Gasteiger partial charge in [0.15, 0.2) is 11.6 Å². The summed E-state index contributed by atoms with van der Waals surface area (Å²) in [6, 6.07) is 3.60. The predicted molar refractivity (Wildman–Crippen MR) is 96.6 cm³/mol. The van der Waals surface area contributed by atoms with Crippen molar-refractivity contribution in [2.24, 2.45) is 0 Å². The number of nitrogens with zero attached hydrogens (tertiary/aromatic N) is 7. The molecule has 7 nitrogen and oxygen atoms in total.